The van der Waals surface area contributed by atoms with Crippen molar-refractivity contribution in [3.05, 3.63) is 59.7 Å². The van der Waals surface area contributed by atoms with Gasteiger partial charge in [-0.2, -0.15) is 13.2 Å². The molecule has 1 saturated heterocycles. The molecule has 0 unspecified atom stereocenters. The van der Waals surface area contributed by atoms with Crippen LogP contribution in [0.25, 0.3) is 0 Å². The Balaban J connectivity index is 0.00000320. The highest BCUT2D eigenvalue weighted by Gasteiger charge is 2.29. The zero-order valence-electron chi connectivity index (χ0n) is 16.7. The zero-order chi connectivity index (χ0) is 20.9. The highest BCUT2D eigenvalue weighted by atomic mass is 127. The van der Waals surface area contributed by atoms with Gasteiger partial charge in [0.1, 0.15) is 5.75 Å². The number of rotatable bonds is 4. The minimum Gasteiger partial charge on any atom is -0.506 e. The lowest BCUT2D eigenvalue weighted by Gasteiger charge is -2.37. The van der Waals surface area contributed by atoms with Gasteiger partial charge in [-0.1, -0.05) is 24.3 Å². The fourth-order valence-electron chi connectivity index (χ4n) is 3.40. The molecule has 30 heavy (non-hydrogen) atoms. The molecule has 2 aromatic rings. The Morgan fingerprint density at radius 3 is 2.23 bits per heavy atom. The monoisotopic (exact) mass is 534 g/mol. The summed E-state index contributed by atoms with van der Waals surface area (Å²) in [5.41, 5.74) is 1.04. The van der Waals surface area contributed by atoms with Crippen LogP contribution in [-0.4, -0.2) is 55.7 Å². The molecule has 0 aromatic heterocycles. The van der Waals surface area contributed by atoms with E-state index < -0.39 is 11.7 Å². The number of para-hydroxylation sites is 2. The van der Waals surface area contributed by atoms with Crippen molar-refractivity contribution in [1.29, 1.82) is 0 Å². The molecule has 1 aliphatic heterocycles. The van der Waals surface area contributed by atoms with E-state index in [0.29, 0.717) is 13.0 Å². The molecule has 0 spiro atoms. The average molecular weight is 534 g/mol. The van der Waals surface area contributed by atoms with E-state index in [9.17, 15) is 18.3 Å². The number of nitrogens with zero attached hydrogens (tertiary/aromatic N) is 3. The Kier molecular flexibility index (Phi) is 8.63. The first kappa shape index (κ1) is 24.1. The molecule has 0 saturated carbocycles. The number of benzene rings is 2. The number of aliphatic imine (C=N–C) groups is 1. The van der Waals surface area contributed by atoms with E-state index in [1.165, 1.54) is 12.1 Å². The number of aromatic hydroxyl groups is 1. The van der Waals surface area contributed by atoms with E-state index in [-0.39, 0.29) is 29.7 Å². The predicted molar refractivity (Wildman–Crippen MR) is 124 cm³/mol. The maximum absolute atomic E-state index is 12.6. The Bertz CT molecular complexity index is 835. The van der Waals surface area contributed by atoms with Gasteiger partial charge in [0.15, 0.2) is 5.96 Å². The molecule has 9 heteroatoms. The molecule has 5 nitrogen and oxygen atoms in total. The van der Waals surface area contributed by atoms with Crippen molar-refractivity contribution in [2.24, 2.45) is 4.99 Å². The summed E-state index contributed by atoms with van der Waals surface area (Å²) in [6.07, 6.45) is -3.70. The normalized spacial score (nSPS) is 15.0. The number of nitrogens with one attached hydrogen (secondary N) is 1. The van der Waals surface area contributed by atoms with Gasteiger partial charge in [0, 0.05) is 39.8 Å². The first-order chi connectivity index (χ1) is 13.9. The maximum Gasteiger partial charge on any atom is 0.416 e. The molecule has 0 atom stereocenters. The smallest absolute Gasteiger partial charge is 0.416 e. The van der Waals surface area contributed by atoms with E-state index in [2.05, 4.69) is 20.1 Å². The van der Waals surface area contributed by atoms with Gasteiger partial charge < -0.3 is 20.2 Å². The Labute approximate surface area is 191 Å². The van der Waals surface area contributed by atoms with E-state index in [0.717, 1.165) is 55.5 Å². The van der Waals surface area contributed by atoms with Crippen molar-refractivity contribution < 1.29 is 18.3 Å². The van der Waals surface area contributed by atoms with Crippen molar-refractivity contribution in [2.75, 3.05) is 44.7 Å². The van der Waals surface area contributed by atoms with Gasteiger partial charge in [-0.15, -0.1) is 24.0 Å². The van der Waals surface area contributed by atoms with Gasteiger partial charge in [0.05, 0.1) is 11.3 Å². The minimum absolute atomic E-state index is 0. The van der Waals surface area contributed by atoms with Crippen LogP contribution in [0.1, 0.15) is 11.1 Å². The second-order valence-corrected chi connectivity index (χ2v) is 6.88. The number of halogens is 4. The van der Waals surface area contributed by atoms with Crippen LogP contribution >= 0.6 is 24.0 Å². The lowest BCUT2D eigenvalue weighted by molar-refractivity contribution is -0.137. The number of phenols is 1. The molecule has 3 rings (SSSR count). The summed E-state index contributed by atoms with van der Waals surface area (Å²) in [6, 6.07) is 12.5. The van der Waals surface area contributed by atoms with Crippen LogP contribution in [0.15, 0.2) is 53.5 Å². The number of hydrogen-bond donors (Lipinski definition) is 2. The Morgan fingerprint density at radius 2 is 1.67 bits per heavy atom. The highest BCUT2D eigenvalue weighted by Crippen LogP contribution is 2.29. The van der Waals surface area contributed by atoms with Gasteiger partial charge in [0.2, 0.25) is 0 Å². The number of guanidine groups is 1. The van der Waals surface area contributed by atoms with Gasteiger partial charge >= 0.3 is 6.18 Å². The van der Waals surface area contributed by atoms with Crippen molar-refractivity contribution in [2.45, 2.75) is 12.6 Å². The minimum atomic E-state index is -4.31. The Morgan fingerprint density at radius 1 is 1.03 bits per heavy atom. The first-order valence-corrected chi connectivity index (χ1v) is 9.53. The van der Waals surface area contributed by atoms with Crippen LogP contribution in [0.5, 0.6) is 5.75 Å². The molecule has 1 aliphatic rings. The lowest BCUT2D eigenvalue weighted by atomic mass is 10.1. The summed E-state index contributed by atoms with van der Waals surface area (Å²) in [7, 11) is 1.72. The second-order valence-electron chi connectivity index (χ2n) is 6.88. The number of piperazine rings is 1. The summed E-state index contributed by atoms with van der Waals surface area (Å²) >= 11 is 0. The molecular formula is C21H26F3IN4O. The second kappa shape index (κ2) is 10.7. The SMILES string of the molecule is CN=C(NCCc1ccc(C(F)(F)F)cc1)N1CCN(c2ccccc2O)CC1.I. The fourth-order valence-corrected chi connectivity index (χ4v) is 3.40. The highest BCUT2D eigenvalue weighted by molar-refractivity contribution is 14.0. The predicted octanol–water partition coefficient (Wildman–Crippen LogP) is 3.97. The molecule has 0 radical (unpaired) electrons. The van der Waals surface area contributed by atoms with Crippen LogP contribution in [0.3, 0.4) is 0 Å². The molecule has 164 valence electrons. The average Bonchev–Trinajstić information content (AvgIpc) is 2.72. The van der Waals surface area contributed by atoms with Crippen molar-refractivity contribution in [3.8, 4) is 5.75 Å². The summed E-state index contributed by atoms with van der Waals surface area (Å²) in [4.78, 5) is 8.60. The van der Waals surface area contributed by atoms with Gasteiger partial charge in [0.25, 0.3) is 0 Å². The van der Waals surface area contributed by atoms with Crippen LogP contribution in [0.4, 0.5) is 18.9 Å². The summed E-state index contributed by atoms with van der Waals surface area (Å²) in [5, 5.41) is 13.3. The van der Waals surface area contributed by atoms with E-state index >= 15 is 0 Å². The van der Waals surface area contributed by atoms with Crippen molar-refractivity contribution >= 4 is 35.6 Å². The van der Waals surface area contributed by atoms with Crippen LogP contribution in [-0.2, 0) is 12.6 Å². The first-order valence-electron chi connectivity index (χ1n) is 9.53. The zero-order valence-corrected chi connectivity index (χ0v) is 19.0. The van der Waals surface area contributed by atoms with Crippen molar-refractivity contribution in [1.82, 2.24) is 10.2 Å². The van der Waals surface area contributed by atoms with Crippen LogP contribution < -0.4 is 10.2 Å². The standard InChI is InChI=1S/C21H25F3N4O.HI/c1-25-20(26-11-10-16-6-8-17(9-7-16)21(22,23)24)28-14-12-27(13-15-28)18-4-2-3-5-19(18)29;/h2-9,29H,10-15H2,1H3,(H,25,26);1H. The third-order valence-electron chi connectivity index (χ3n) is 4.99. The molecule has 1 heterocycles. The number of anilines is 1. The van der Waals surface area contributed by atoms with E-state index in [1.807, 2.05) is 12.1 Å². The van der Waals surface area contributed by atoms with E-state index in [1.54, 1.807) is 19.2 Å². The van der Waals surface area contributed by atoms with Crippen LogP contribution in [0.2, 0.25) is 0 Å². The Hall–Kier alpha value is -2.17. The molecule has 0 aliphatic carbocycles. The molecule has 0 amide bonds. The van der Waals surface area contributed by atoms with Gasteiger partial charge in [-0.3, -0.25) is 4.99 Å². The van der Waals surface area contributed by atoms with Crippen molar-refractivity contribution in [3.63, 3.8) is 0 Å². The van der Waals surface area contributed by atoms with Gasteiger partial charge in [-0.05, 0) is 36.2 Å². The maximum atomic E-state index is 12.6. The largest absolute Gasteiger partial charge is 0.506 e. The fraction of sp³-hybridized carbons (Fsp3) is 0.381. The molecular weight excluding hydrogens is 508 g/mol. The number of alkyl halides is 3. The van der Waals surface area contributed by atoms with Gasteiger partial charge in [-0.25, -0.2) is 0 Å². The quantitative estimate of drug-likeness (QED) is 0.354. The molecule has 2 aromatic carbocycles. The third-order valence-corrected chi connectivity index (χ3v) is 4.99. The molecule has 2 N–H and O–H groups in total. The topological polar surface area (TPSA) is 51.1 Å². The molecule has 0 bridgehead atoms. The number of hydrogen-bond acceptors (Lipinski definition) is 3. The summed E-state index contributed by atoms with van der Waals surface area (Å²) in [5.74, 6) is 1.05. The number of phenolic OH excluding ortho intramolecular Hbond substituents is 1. The summed E-state index contributed by atoms with van der Waals surface area (Å²) < 4.78 is 37.9. The summed E-state index contributed by atoms with van der Waals surface area (Å²) in [6.45, 7) is 3.62. The van der Waals surface area contributed by atoms with E-state index in [4.69, 9.17) is 0 Å². The third kappa shape index (κ3) is 6.16. The lowest BCUT2D eigenvalue weighted by Crippen LogP contribution is -2.52. The molecule has 1 fully saturated rings. The van der Waals surface area contributed by atoms with Crippen LogP contribution in [0, 0.1) is 0 Å².